The van der Waals surface area contributed by atoms with Crippen molar-refractivity contribution in [3.63, 3.8) is 0 Å². The van der Waals surface area contributed by atoms with Crippen molar-refractivity contribution in [2.45, 2.75) is 9.10 Å². The Morgan fingerprint density at radius 2 is 2.15 bits per heavy atom. The molecule has 1 aromatic heterocycles. The predicted octanol–water partition coefficient (Wildman–Crippen LogP) is 2.58. The van der Waals surface area contributed by atoms with Crippen molar-refractivity contribution in [1.29, 1.82) is 0 Å². The van der Waals surface area contributed by atoms with E-state index in [1.807, 2.05) is 0 Å². The number of nitrogens with zero attached hydrogens (tertiary/aromatic N) is 2. The molecule has 0 bridgehead atoms. The van der Waals surface area contributed by atoms with E-state index in [1.165, 1.54) is 0 Å². The summed E-state index contributed by atoms with van der Waals surface area (Å²) in [4.78, 5) is 24.4. The Bertz CT molecular complexity index is 705. The molecule has 0 atom stereocenters. The monoisotopic (exact) mass is 317 g/mol. The molecule has 0 saturated carbocycles. The summed E-state index contributed by atoms with van der Waals surface area (Å²) in [5.41, 5.74) is 4.99. The van der Waals surface area contributed by atoms with Crippen molar-refractivity contribution in [3.8, 4) is 0 Å². The van der Waals surface area contributed by atoms with Crippen molar-refractivity contribution >= 4 is 34.8 Å². The third-order valence-corrected chi connectivity index (χ3v) is 4.33. The maximum absolute atomic E-state index is 13.5. The van der Waals surface area contributed by atoms with Crippen LogP contribution in [0, 0.1) is 21.7 Å². The van der Waals surface area contributed by atoms with Gasteiger partial charge in [0.2, 0.25) is 0 Å². The number of hydrogen-bond donors (Lipinski definition) is 1. The van der Waals surface area contributed by atoms with Gasteiger partial charge in [-0.15, -0.1) is 0 Å². The molecule has 2 aromatic rings. The number of benzene rings is 1. The number of carbonyl (C=O) groups is 1. The molecular formula is C10H5F2N3O3S2. The Labute approximate surface area is 118 Å². The number of nitro groups is 1. The van der Waals surface area contributed by atoms with Crippen LogP contribution in [-0.2, 0) is 0 Å². The average molecular weight is 317 g/mol. The van der Waals surface area contributed by atoms with Crippen LogP contribution >= 0.6 is 23.1 Å². The molecule has 1 heterocycles. The van der Waals surface area contributed by atoms with Gasteiger partial charge in [0.25, 0.3) is 5.01 Å². The van der Waals surface area contributed by atoms with Crippen LogP contribution in [-0.4, -0.2) is 15.8 Å². The zero-order valence-corrected chi connectivity index (χ0v) is 11.1. The van der Waals surface area contributed by atoms with E-state index in [2.05, 4.69) is 4.98 Å². The van der Waals surface area contributed by atoms with Gasteiger partial charge in [-0.2, -0.15) is 0 Å². The lowest BCUT2D eigenvalue weighted by atomic mass is 10.3. The molecular weight excluding hydrogens is 312 g/mol. The molecule has 0 saturated heterocycles. The Balaban J connectivity index is 2.42. The molecule has 2 N–H and O–H groups in total. The van der Waals surface area contributed by atoms with Crippen molar-refractivity contribution in [2.75, 3.05) is 0 Å². The van der Waals surface area contributed by atoms with Gasteiger partial charge in [0, 0.05) is 11.0 Å². The molecule has 0 radical (unpaired) electrons. The first-order valence-corrected chi connectivity index (χ1v) is 6.59. The number of thiazole rings is 1. The van der Waals surface area contributed by atoms with Crippen molar-refractivity contribution in [2.24, 2.45) is 5.73 Å². The fourth-order valence-electron chi connectivity index (χ4n) is 1.24. The lowest BCUT2D eigenvalue weighted by Crippen LogP contribution is -2.10. The summed E-state index contributed by atoms with van der Waals surface area (Å²) in [6.45, 7) is 0. The summed E-state index contributed by atoms with van der Waals surface area (Å²) in [7, 11) is 0. The maximum atomic E-state index is 13.5. The third kappa shape index (κ3) is 2.91. The highest BCUT2D eigenvalue weighted by molar-refractivity contribution is 8.01. The summed E-state index contributed by atoms with van der Waals surface area (Å²) in [5, 5.41) is 10.6. The zero-order valence-electron chi connectivity index (χ0n) is 9.50. The summed E-state index contributed by atoms with van der Waals surface area (Å²) in [6, 6.07) is 2.82. The predicted molar refractivity (Wildman–Crippen MR) is 67.8 cm³/mol. The van der Waals surface area contributed by atoms with E-state index in [0.29, 0.717) is 29.2 Å². The van der Waals surface area contributed by atoms with Crippen molar-refractivity contribution in [1.82, 2.24) is 4.98 Å². The first kappa shape index (κ1) is 14.3. The molecule has 0 fully saturated rings. The van der Waals surface area contributed by atoms with Crippen LogP contribution in [0.25, 0.3) is 0 Å². The number of carbonyl (C=O) groups excluding carboxylic acids is 1. The van der Waals surface area contributed by atoms with Crippen LogP contribution in [0.1, 0.15) is 9.80 Å². The number of primary amides is 1. The van der Waals surface area contributed by atoms with Gasteiger partial charge in [-0.05, 0) is 22.0 Å². The minimum atomic E-state index is -0.912. The molecule has 20 heavy (non-hydrogen) atoms. The fraction of sp³-hybridized carbons (Fsp3) is 0. The largest absolute Gasteiger partial charge is 0.389 e. The highest BCUT2D eigenvalue weighted by atomic mass is 32.2. The quantitative estimate of drug-likeness (QED) is 0.690. The van der Waals surface area contributed by atoms with Gasteiger partial charge in [-0.1, -0.05) is 23.1 Å². The van der Waals surface area contributed by atoms with Crippen LogP contribution in [0.3, 0.4) is 0 Å². The molecule has 0 aliphatic carbocycles. The third-order valence-electron chi connectivity index (χ3n) is 2.06. The van der Waals surface area contributed by atoms with E-state index in [-0.39, 0.29) is 14.1 Å². The molecule has 104 valence electrons. The number of amides is 1. The fourth-order valence-corrected chi connectivity index (χ4v) is 3.24. The standard InChI is InChI=1S/C10H5F2N3O3S2/c11-4-1-2-6(5(12)3-4)19-10-8(15(17)18)14-9(20-10)7(13)16/h1-3H,(H2,13,16). The summed E-state index contributed by atoms with van der Waals surface area (Å²) in [6.07, 6.45) is 0. The summed E-state index contributed by atoms with van der Waals surface area (Å²) < 4.78 is 26.3. The van der Waals surface area contributed by atoms with Crippen LogP contribution in [0.15, 0.2) is 27.3 Å². The number of hydrogen-bond acceptors (Lipinski definition) is 6. The first-order valence-electron chi connectivity index (χ1n) is 4.96. The molecule has 1 aromatic carbocycles. The van der Waals surface area contributed by atoms with Gasteiger partial charge in [-0.25, -0.2) is 8.78 Å². The molecule has 0 aliphatic rings. The normalized spacial score (nSPS) is 10.5. The first-order chi connectivity index (χ1) is 9.38. The van der Waals surface area contributed by atoms with E-state index < -0.39 is 28.3 Å². The Kier molecular flexibility index (Phi) is 3.95. The highest BCUT2D eigenvalue weighted by Gasteiger charge is 2.27. The Hall–Kier alpha value is -2.07. The van der Waals surface area contributed by atoms with Gasteiger partial charge in [0.1, 0.15) is 11.6 Å². The van der Waals surface area contributed by atoms with E-state index in [1.54, 1.807) is 0 Å². The van der Waals surface area contributed by atoms with E-state index in [9.17, 15) is 23.7 Å². The van der Waals surface area contributed by atoms with Gasteiger partial charge in [0.15, 0.2) is 4.21 Å². The van der Waals surface area contributed by atoms with Crippen molar-refractivity contribution < 1.29 is 18.5 Å². The summed E-state index contributed by atoms with van der Waals surface area (Å²) >= 11 is 1.36. The lowest BCUT2D eigenvalue weighted by molar-refractivity contribution is -0.391. The van der Waals surface area contributed by atoms with E-state index in [0.717, 1.165) is 12.1 Å². The lowest BCUT2D eigenvalue weighted by Gasteiger charge is -2.00. The van der Waals surface area contributed by atoms with Gasteiger partial charge < -0.3 is 15.8 Å². The van der Waals surface area contributed by atoms with Gasteiger partial charge in [-0.3, -0.25) is 4.79 Å². The molecule has 0 spiro atoms. The Morgan fingerprint density at radius 1 is 1.45 bits per heavy atom. The van der Waals surface area contributed by atoms with Crippen LogP contribution in [0.4, 0.5) is 14.6 Å². The van der Waals surface area contributed by atoms with Crippen molar-refractivity contribution in [3.05, 3.63) is 45.0 Å². The SMILES string of the molecule is NC(=O)c1nc([N+](=O)[O-])c(Sc2ccc(F)cc2F)s1. The number of rotatable bonds is 4. The maximum Gasteiger partial charge on any atom is 0.389 e. The topological polar surface area (TPSA) is 99.1 Å². The minimum Gasteiger partial charge on any atom is -0.362 e. The number of nitrogens with two attached hydrogens (primary N) is 1. The second kappa shape index (κ2) is 5.51. The molecule has 0 unspecified atom stereocenters. The van der Waals surface area contributed by atoms with E-state index in [4.69, 9.17) is 5.73 Å². The molecule has 2 rings (SSSR count). The zero-order chi connectivity index (χ0) is 14.9. The van der Waals surface area contributed by atoms with Gasteiger partial charge in [0.05, 0.1) is 0 Å². The molecule has 0 aliphatic heterocycles. The molecule has 10 heteroatoms. The van der Waals surface area contributed by atoms with Gasteiger partial charge >= 0.3 is 11.7 Å². The minimum absolute atomic E-state index is 0.00527. The van der Waals surface area contributed by atoms with E-state index >= 15 is 0 Å². The molecule has 6 nitrogen and oxygen atoms in total. The number of halogens is 2. The average Bonchev–Trinajstić information content (AvgIpc) is 2.77. The highest BCUT2D eigenvalue weighted by Crippen LogP contribution is 2.40. The van der Waals surface area contributed by atoms with Crippen LogP contribution in [0.5, 0.6) is 0 Å². The second-order valence-corrected chi connectivity index (χ2v) is 5.74. The van der Waals surface area contributed by atoms with Crippen LogP contribution < -0.4 is 5.73 Å². The second-order valence-electron chi connectivity index (χ2n) is 3.43. The molecule has 1 amide bonds. The Morgan fingerprint density at radius 3 is 2.70 bits per heavy atom. The van der Waals surface area contributed by atoms with Crippen LogP contribution in [0.2, 0.25) is 0 Å². The summed E-state index contributed by atoms with van der Waals surface area (Å²) in [5.74, 6) is -3.12. The smallest absolute Gasteiger partial charge is 0.362 e. The number of aromatic nitrogens is 1.